The summed E-state index contributed by atoms with van der Waals surface area (Å²) in [6.07, 6.45) is 1.67. The number of benzene rings is 1. The van der Waals surface area contributed by atoms with Crippen LogP contribution in [0.4, 0.5) is 0 Å². The first-order chi connectivity index (χ1) is 13.6. The van der Waals surface area contributed by atoms with Gasteiger partial charge in [-0.1, -0.05) is 12.1 Å². The van der Waals surface area contributed by atoms with Crippen LogP contribution >= 0.6 is 11.3 Å². The zero-order chi connectivity index (χ0) is 19.8. The molecule has 1 unspecified atom stereocenters. The molecule has 1 atom stereocenters. The number of carbonyl (C=O) groups is 1. The van der Waals surface area contributed by atoms with Crippen molar-refractivity contribution in [3.8, 4) is 17.4 Å². The minimum atomic E-state index is -0.155. The Bertz CT molecular complexity index is 852. The lowest BCUT2D eigenvalue weighted by Gasteiger charge is -2.23. The van der Waals surface area contributed by atoms with Gasteiger partial charge in [-0.15, -0.1) is 11.3 Å². The third-order valence-corrected chi connectivity index (χ3v) is 5.01. The number of pyridine rings is 1. The van der Waals surface area contributed by atoms with Crippen molar-refractivity contribution < 1.29 is 14.3 Å². The molecule has 3 aromatic rings. The molecule has 0 bridgehead atoms. The molecule has 7 heteroatoms. The van der Waals surface area contributed by atoms with E-state index in [-0.39, 0.29) is 18.6 Å². The van der Waals surface area contributed by atoms with Crippen molar-refractivity contribution in [2.75, 3.05) is 27.2 Å². The highest BCUT2D eigenvalue weighted by Crippen LogP contribution is 2.23. The van der Waals surface area contributed by atoms with Gasteiger partial charge in [0.15, 0.2) is 6.61 Å². The Morgan fingerprint density at radius 3 is 2.54 bits per heavy atom. The first-order valence-electron chi connectivity index (χ1n) is 8.90. The van der Waals surface area contributed by atoms with Crippen LogP contribution in [0.3, 0.4) is 0 Å². The summed E-state index contributed by atoms with van der Waals surface area (Å²) in [6, 6.07) is 16.8. The Hall–Kier alpha value is -2.90. The van der Waals surface area contributed by atoms with Gasteiger partial charge in [0.2, 0.25) is 5.88 Å². The fraction of sp³-hybridized carbons (Fsp3) is 0.238. The number of nitrogens with zero attached hydrogens (tertiary/aromatic N) is 2. The first kappa shape index (κ1) is 19.9. The molecule has 1 amide bonds. The number of carbonyl (C=O) groups excluding carboxylic acids is 1. The topological polar surface area (TPSA) is 63.7 Å². The van der Waals surface area contributed by atoms with Crippen LogP contribution < -0.4 is 14.8 Å². The van der Waals surface area contributed by atoms with Gasteiger partial charge in [0.05, 0.1) is 6.04 Å². The highest BCUT2D eigenvalue weighted by Gasteiger charge is 2.16. The quantitative estimate of drug-likeness (QED) is 0.596. The summed E-state index contributed by atoms with van der Waals surface area (Å²) in [6.45, 7) is 0.498. The summed E-state index contributed by atoms with van der Waals surface area (Å²) in [5.41, 5.74) is 0. The van der Waals surface area contributed by atoms with Crippen LogP contribution in [0.25, 0.3) is 0 Å². The Morgan fingerprint density at radius 1 is 1.11 bits per heavy atom. The highest BCUT2D eigenvalue weighted by molar-refractivity contribution is 7.10. The van der Waals surface area contributed by atoms with Gasteiger partial charge in [0.1, 0.15) is 11.5 Å². The SMILES string of the molecule is CN(C)C(CNC(=O)COc1ccc(Oc2ccccn2)cc1)c1cccs1. The number of nitrogens with one attached hydrogen (secondary N) is 1. The van der Waals surface area contributed by atoms with Crippen LogP contribution in [-0.2, 0) is 4.79 Å². The second-order valence-corrected chi connectivity index (χ2v) is 7.31. The fourth-order valence-electron chi connectivity index (χ4n) is 2.56. The number of hydrogen-bond acceptors (Lipinski definition) is 6. The number of likely N-dealkylation sites (N-methyl/N-ethyl adjacent to an activating group) is 1. The van der Waals surface area contributed by atoms with Gasteiger partial charge in [-0.3, -0.25) is 4.79 Å². The summed E-state index contributed by atoms with van der Waals surface area (Å²) in [5.74, 6) is 1.63. The molecule has 2 heterocycles. The third kappa shape index (κ3) is 5.80. The molecule has 0 saturated carbocycles. The average molecular weight is 398 g/mol. The number of ether oxygens (including phenoxy) is 2. The monoisotopic (exact) mass is 397 g/mol. The number of hydrogen-bond donors (Lipinski definition) is 1. The molecule has 0 saturated heterocycles. The van der Waals surface area contributed by atoms with E-state index < -0.39 is 0 Å². The van der Waals surface area contributed by atoms with Crippen LogP contribution in [0.5, 0.6) is 17.4 Å². The van der Waals surface area contributed by atoms with E-state index in [0.717, 1.165) is 0 Å². The van der Waals surface area contributed by atoms with Gasteiger partial charge >= 0.3 is 0 Å². The molecule has 1 aromatic carbocycles. The molecule has 28 heavy (non-hydrogen) atoms. The van der Waals surface area contributed by atoms with Crippen LogP contribution in [0.15, 0.2) is 66.2 Å². The third-order valence-electron chi connectivity index (χ3n) is 4.04. The van der Waals surface area contributed by atoms with E-state index in [2.05, 4.69) is 21.3 Å². The van der Waals surface area contributed by atoms with Crippen molar-refractivity contribution in [2.45, 2.75) is 6.04 Å². The van der Waals surface area contributed by atoms with Crippen LogP contribution in [-0.4, -0.2) is 43.0 Å². The second-order valence-electron chi connectivity index (χ2n) is 6.33. The lowest BCUT2D eigenvalue weighted by molar-refractivity contribution is -0.123. The Morgan fingerprint density at radius 2 is 1.89 bits per heavy atom. The normalized spacial score (nSPS) is 11.8. The number of amides is 1. The molecular formula is C21H23N3O3S. The molecule has 0 fully saturated rings. The molecule has 0 radical (unpaired) electrons. The summed E-state index contributed by atoms with van der Waals surface area (Å²) in [4.78, 5) is 19.6. The van der Waals surface area contributed by atoms with Gasteiger partial charge < -0.3 is 19.7 Å². The van der Waals surface area contributed by atoms with Crippen LogP contribution in [0.2, 0.25) is 0 Å². The van der Waals surface area contributed by atoms with Gasteiger partial charge in [-0.25, -0.2) is 4.98 Å². The average Bonchev–Trinajstić information content (AvgIpc) is 3.22. The molecule has 0 aliphatic rings. The zero-order valence-electron chi connectivity index (χ0n) is 15.9. The molecular weight excluding hydrogens is 374 g/mol. The van der Waals surface area contributed by atoms with Crippen molar-refractivity contribution in [1.29, 1.82) is 0 Å². The highest BCUT2D eigenvalue weighted by atomic mass is 32.1. The largest absolute Gasteiger partial charge is 0.484 e. The molecule has 146 valence electrons. The summed E-state index contributed by atoms with van der Waals surface area (Å²) >= 11 is 1.68. The number of thiophene rings is 1. The Kier molecular flexibility index (Phi) is 7.00. The van der Waals surface area contributed by atoms with Crippen LogP contribution in [0, 0.1) is 0 Å². The molecule has 2 aromatic heterocycles. The summed E-state index contributed by atoms with van der Waals surface area (Å²) in [5, 5.41) is 4.97. The lowest BCUT2D eigenvalue weighted by Crippen LogP contribution is -2.36. The Balaban J connectivity index is 1.45. The van der Waals surface area contributed by atoms with E-state index in [1.54, 1.807) is 47.9 Å². The van der Waals surface area contributed by atoms with Crippen molar-refractivity contribution in [3.63, 3.8) is 0 Å². The van der Waals surface area contributed by atoms with Gasteiger partial charge in [0.25, 0.3) is 5.91 Å². The molecule has 0 aliphatic heterocycles. The predicted octanol–water partition coefficient (Wildman–Crippen LogP) is 3.73. The molecule has 6 nitrogen and oxygen atoms in total. The van der Waals surface area contributed by atoms with E-state index in [1.807, 2.05) is 37.7 Å². The van der Waals surface area contributed by atoms with E-state index in [0.29, 0.717) is 23.9 Å². The lowest BCUT2D eigenvalue weighted by atomic mass is 10.2. The smallest absolute Gasteiger partial charge is 0.258 e. The van der Waals surface area contributed by atoms with Gasteiger partial charge in [0, 0.05) is 23.7 Å². The molecule has 0 aliphatic carbocycles. The minimum Gasteiger partial charge on any atom is -0.484 e. The molecule has 3 rings (SSSR count). The van der Waals surface area contributed by atoms with Crippen molar-refractivity contribution >= 4 is 17.2 Å². The second kappa shape index (κ2) is 9.87. The standard InChI is InChI=1S/C21H23N3O3S/c1-24(2)18(19-6-5-13-28-19)14-23-20(25)15-26-16-8-10-17(11-9-16)27-21-7-3-4-12-22-21/h3-13,18H,14-15H2,1-2H3,(H,23,25). The Labute approximate surface area is 168 Å². The first-order valence-corrected chi connectivity index (χ1v) is 9.78. The van der Waals surface area contributed by atoms with Gasteiger partial charge in [-0.2, -0.15) is 0 Å². The summed E-state index contributed by atoms with van der Waals surface area (Å²) < 4.78 is 11.2. The summed E-state index contributed by atoms with van der Waals surface area (Å²) in [7, 11) is 4.00. The zero-order valence-corrected chi connectivity index (χ0v) is 16.7. The maximum Gasteiger partial charge on any atom is 0.258 e. The van der Waals surface area contributed by atoms with Gasteiger partial charge in [-0.05, 0) is 55.9 Å². The fourth-order valence-corrected chi connectivity index (χ4v) is 3.48. The predicted molar refractivity (Wildman–Crippen MR) is 110 cm³/mol. The van der Waals surface area contributed by atoms with Crippen molar-refractivity contribution in [3.05, 3.63) is 71.1 Å². The molecule has 1 N–H and O–H groups in total. The van der Waals surface area contributed by atoms with E-state index in [9.17, 15) is 4.79 Å². The number of rotatable bonds is 9. The number of aromatic nitrogens is 1. The van der Waals surface area contributed by atoms with Crippen molar-refractivity contribution in [2.24, 2.45) is 0 Å². The van der Waals surface area contributed by atoms with Crippen molar-refractivity contribution in [1.82, 2.24) is 15.2 Å². The van der Waals surface area contributed by atoms with Crippen LogP contribution in [0.1, 0.15) is 10.9 Å². The maximum atomic E-state index is 12.1. The minimum absolute atomic E-state index is 0.0367. The molecule has 0 spiro atoms. The maximum absolute atomic E-state index is 12.1. The van der Waals surface area contributed by atoms with E-state index in [1.165, 1.54) is 4.88 Å². The van der Waals surface area contributed by atoms with E-state index >= 15 is 0 Å². The van der Waals surface area contributed by atoms with E-state index in [4.69, 9.17) is 9.47 Å².